The Morgan fingerprint density at radius 3 is 2.45 bits per heavy atom. The number of nitrogens with zero attached hydrogens (tertiary/aromatic N) is 1. The minimum atomic E-state index is -3.41. The normalized spacial score (nSPS) is 19.7. The van der Waals surface area contributed by atoms with Gasteiger partial charge in [-0.15, -0.1) is 0 Å². The summed E-state index contributed by atoms with van der Waals surface area (Å²) in [6, 6.07) is 7.00. The second-order valence-electron chi connectivity index (χ2n) is 5.65. The van der Waals surface area contributed by atoms with Crippen molar-refractivity contribution < 1.29 is 8.42 Å². The zero-order chi connectivity index (χ0) is 15.0. The Bertz CT molecular complexity index is 618. The van der Waals surface area contributed by atoms with Gasteiger partial charge in [-0.3, -0.25) is 0 Å². The van der Waals surface area contributed by atoms with E-state index in [0.29, 0.717) is 35.8 Å². The zero-order valence-electron chi connectivity index (χ0n) is 11.8. The molecular weight excluding hydrogens is 292 g/mol. The molecule has 0 amide bonds. The minimum Gasteiger partial charge on any atom is -0.393 e. The molecule has 6 heteroatoms. The molecule has 0 spiro atoms. The average Bonchev–Trinajstić information content (AvgIpc) is 2.39. The smallest absolute Gasteiger partial charge is 0.243 e. The second-order valence-corrected chi connectivity index (χ2v) is 8.02. The summed E-state index contributed by atoms with van der Waals surface area (Å²) in [7, 11) is -3.41. The molecular formula is C14H20N2O2S2. The van der Waals surface area contributed by atoms with Crippen molar-refractivity contribution in [1.82, 2.24) is 4.31 Å². The van der Waals surface area contributed by atoms with E-state index >= 15 is 0 Å². The number of rotatable bonds is 3. The molecule has 0 bridgehead atoms. The molecule has 1 saturated heterocycles. The van der Waals surface area contributed by atoms with Gasteiger partial charge in [-0.05, 0) is 37.5 Å². The van der Waals surface area contributed by atoms with Crippen LogP contribution in [0.4, 0.5) is 0 Å². The minimum absolute atomic E-state index is 0.228. The highest BCUT2D eigenvalue weighted by molar-refractivity contribution is 7.89. The molecule has 1 heterocycles. The highest BCUT2D eigenvalue weighted by Crippen LogP contribution is 2.33. The summed E-state index contributed by atoms with van der Waals surface area (Å²) in [6.07, 6.45) is 1.35. The van der Waals surface area contributed by atoms with Crippen LogP contribution in [-0.4, -0.2) is 30.8 Å². The number of hydrogen-bond donors (Lipinski definition) is 1. The molecule has 1 aliphatic heterocycles. The van der Waals surface area contributed by atoms with Gasteiger partial charge < -0.3 is 5.73 Å². The first-order chi connectivity index (χ1) is 9.25. The molecule has 2 N–H and O–H groups in total. The van der Waals surface area contributed by atoms with Gasteiger partial charge in [0.05, 0.1) is 9.88 Å². The standard InChI is InChI=1S/C14H20N2O2S2/c1-11-4-3-5-12(10-11)20(17,18)16-8-6-14(2,7-9-16)13(15)19/h3-5,10H,6-9H2,1-2H3,(H2,15,19). The van der Waals surface area contributed by atoms with Crippen LogP contribution in [0.15, 0.2) is 29.2 Å². The molecule has 0 saturated carbocycles. The number of thiocarbonyl (C=S) groups is 1. The SMILES string of the molecule is Cc1cccc(S(=O)(=O)N2CCC(C)(C(N)=S)CC2)c1. The van der Waals surface area contributed by atoms with Gasteiger partial charge >= 0.3 is 0 Å². The van der Waals surface area contributed by atoms with Crippen LogP contribution in [0, 0.1) is 12.3 Å². The van der Waals surface area contributed by atoms with Crippen LogP contribution in [0.1, 0.15) is 25.3 Å². The van der Waals surface area contributed by atoms with Crippen LogP contribution in [0.5, 0.6) is 0 Å². The van der Waals surface area contributed by atoms with Crippen molar-refractivity contribution >= 4 is 27.2 Å². The van der Waals surface area contributed by atoms with Crippen molar-refractivity contribution in [3.63, 3.8) is 0 Å². The molecule has 1 fully saturated rings. The number of aryl methyl sites for hydroxylation is 1. The molecule has 0 radical (unpaired) electrons. The van der Waals surface area contributed by atoms with E-state index in [2.05, 4.69) is 0 Å². The van der Waals surface area contributed by atoms with Crippen LogP contribution in [0.3, 0.4) is 0 Å². The summed E-state index contributed by atoms with van der Waals surface area (Å²) >= 11 is 5.08. The maximum atomic E-state index is 12.6. The summed E-state index contributed by atoms with van der Waals surface area (Å²) in [4.78, 5) is 0.835. The number of nitrogens with two attached hydrogens (primary N) is 1. The van der Waals surface area contributed by atoms with Gasteiger partial charge in [0.1, 0.15) is 0 Å². The molecule has 0 unspecified atom stereocenters. The fourth-order valence-corrected chi connectivity index (χ4v) is 4.14. The van der Waals surface area contributed by atoms with E-state index in [4.69, 9.17) is 18.0 Å². The third-order valence-electron chi connectivity index (χ3n) is 4.05. The maximum Gasteiger partial charge on any atom is 0.243 e. The predicted molar refractivity (Wildman–Crippen MR) is 84.1 cm³/mol. The lowest BCUT2D eigenvalue weighted by atomic mass is 9.81. The lowest BCUT2D eigenvalue weighted by Crippen LogP contribution is -2.46. The highest BCUT2D eigenvalue weighted by atomic mass is 32.2. The summed E-state index contributed by atoms with van der Waals surface area (Å²) in [5, 5.41) is 0. The van der Waals surface area contributed by atoms with Crippen LogP contribution in [-0.2, 0) is 10.0 Å². The van der Waals surface area contributed by atoms with Crippen molar-refractivity contribution in [2.75, 3.05) is 13.1 Å². The zero-order valence-corrected chi connectivity index (χ0v) is 13.4. The van der Waals surface area contributed by atoms with E-state index in [9.17, 15) is 8.42 Å². The largest absolute Gasteiger partial charge is 0.393 e. The van der Waals surface area contributed by atoms with Crippen molar-refractivity contribution in [3.8, 4) is 0 Å². The Labute approximate surface area is 126 Å². The van der Waals surface area contributed by atoms with E-state index in [1.54, 1.807) is 18.2 Å². The van der Waals surface area contributed by atoms with Gasteiger partial charge in [0, 0.05) is 18.5 Å². The van der Waals surface area contributed by atoms with E-state index < -0.39 is 10.0 Å². The molecule has 1 aromatic carbocycles. The topological polar surface area (TPSA) is 63.4 Å². The molecule has 1 aromatic rings. The van der Waals surface area contributed by atoms with Gasteiger partial charge in [-0.2, -0.15) is 4.31 Å². The monoisotopic (exact) mass is 312 g/mol. The fraction of sp³-hybridized carbons (Fsp3) is 0.500. The lowest BCUT2D eigenvalue weighted by molar-refractivity contribution is 0.244. The second kappa shape index (κ2) is 5.42. The quantitative estimate of drug-likeness (QED) is 0.868. The van der Waals surface area contributed by atoms with Gasteiger partial charge in [0.25, 0.3) is 0 Å². The Kier molecular flexibility index (Phi) is 4.18. The molecule has 20 heavy (non-hydrogen) atoms. The van der Waals surface area contributed by atoms with Gasteiger partial charge in [-0.25, -0.2) is 8.42 Å². The van der Waals surface area contributed by atoms with Gasteiger partial charge in [0.15, 0.2) is 0 Å². The van der Waals surface area contributed by atoms with Crippen LogP contribution >= 0.6 is 12.2 Å². The van der Waals surface area contributed by atoms with E-state index in [-0.39, 0.29) is 5.41 Å². The molecule has 0 atom stereocenters. The van der Waals surface area contributed by atoms with E-state index in [0.717, 1.165) is 5.56 Å². The van der Waals surface area contributed by atoms with Crippen LogP contribution in [0.2, 0.25) is 0 Å². The first-order valence-electron chi connectivity index (χ1n) is 6.62. The van der Waals surface area contributed by atoms with Gasteiger partial charge in [-0.1, -0.05) is 31.3 Å². The Morgan fingerprint density at radius 1 is 1.35 bits per heavy atom. The molecule has 1 aliphatic rings. The van der Waals surface area contributed by atoms with E-state index in [1.807, 2.05) is 19.9 Å². The van der Waals surface area contributed by atoms with Gasteiger partial charge in [0.2, 0.25) is 10.0 Å². The van der Waals surface area contributed by atoms with Crippen molar-refractivity contribution in [1.29, 1.82) is 0 Å². The lowest BCUT2D eigenvalue weighted by Gasteiger charge is -2.37. The van der Waals surface area contributed by atoms with Crippen molar-refractivity contribution in [2.24, 2.45) is 11.1 Å². The summed E-state index contributed by atoms with van der Waals surface area (Å²) < 4.78 is 26.7. The Hall–Kier alpha value is -0.980. The molecule has 0 aliphatic carbocycles. The molecule has 110 valence electrons. The third-order valence-corrected chi connectivity index (χ3v) is 6.44. The molecule has 4 nitrogen and oxygen atoms in total. The van der Waals surface area contributed by atoms with Crippen molar-refractivity contribution in [3.05, 3.63) is 29.8 Å². The highest BCUT2D eigenvalue weighted by Gasteiger charge is 2.37. The van der Waals surface area contributed by atoms with Crippen molar-refractivity contribution in [2.45, 2.75) is 31.6 Å². The number of benzene rings is 1. The fourth-order valence-electron chi connectivity index (χ4n) is 2.39. The summed E-state index contributed by atoms with van der Waals surface area (Å²) in [6.45, 7) is 4.82. The Balaban J connectivity index is 2.20. The number of piperidine rings is 1. The summed E-state index contributed by atoms with van der Waals surface area (Å²) in [5.41, 5.74) is 6.46. The molecule has 2 rings (SSSR count). The average molecular weight is 312 g/mol. The van der Waals surface area contributed by atoms with Crippen LogP contribution < -0.4 is 5.73 Å². The van der Waals surface area contributed by atoms with Crippen LogP contribution in [0.25, 0.3) is 0 Å². The Morgan fingerprint density at radius 2 is 1.95 bits per heavy atom. The number of sulfonamides is 1. The first kappa shape index (κ1) is 15.4. The number of hydrogen-bond acceptors (Lipinski definition) is 3. The first-order valence-corrected chi connectivity index (χ1v) is 8.47. The van der Waals surface area contributed by atoms with E-state index in [1.165, 1.54) is 4.31 Å². The molecule has 0 aromatic heterocycles. The summed E-state index contributed by atoms with van der Waals surface area (Å²) in [5.74, 6) is 0. The maximum absolute atomic E-state index is 12.6. The predicted octanol–water partition coefficient (Wildman–Crippen LogP) is 2.07. The third kappa shape index (κ3) is 2.87.